The molecule has 2 rings (SSSR count). The predicted molar refractivity (Wildman–Crippen MR) is 87.1 cm³/mol. The zero-order valence-electron chi connectivity index (χ0n) is 12.7. The third-order valence-electron chi connectivity index (χ3n) is 3.74. The molecule has 112 valence electrons. The molecule has 1 atom stereocenters. The SMILES string of the molecule is CC(C)CNCc1cc(F)ccc1N(C)C1CCSC1. The molecule has 2 nitrogen and oxygen atoms in total. The summed E-state index contributed by atoms with van der Waals surface area (Å²) >= 11 is 2.00. The number of hydrogen-bond donors (Lipinski definition) is 1. The molecule has 0 aromatic heterocycles. The third kappa shape index (κ3) is 4.13. The summed E-state index contributed by atoms with van der Waals surface area (Å²) in [5.41, 5.74) is 2.22. The highest BCUT2D eigenvalue weighted by molar-refractivity contribution is 7.99. The second kappa shape index (κ2) is 7.32. The van der Waals surface area contributed by atoms with E-state index in [0.29, 0.717) is 12.0 Å². The molecular formula is C16H25FN2S. The van der Waals surface area contributed by atoms with Crippen LogP contribution in [0.3, 0.4) is 0 Å². The van der Waals surface area contributed by atoms with Gasteiger partial charge in [0.25, 0.3) is 0 Å². The Bertz CT molecular complexity index is 430. The van der Waals surface area contributed by atoms with Gasteiger partial charge in [0.15, 0.2) is 0 Å². The van der Waals surface area contributed by atoms with Crippen LogP contribution in [0.4, 0.5) is 10.1 Å². The van der Waals surface area contributed by atoms with Crippen molar-refractivity contribution in [3.63, 3.8) is 0 Å². The standard InChI is InChI=1S/C16H25FN2S/c1-12(2)9-18-10-13-8-14(17)4-5-16(13)19(3)15-6-7-20-11-15/h4-5,8,12,15,18H,6-7,9-11H2,1-3H3. The summed E-state index contributed by atoms with van der Waals surface area (Å²) in [6, 6.07) is 5.74. The van der Waals surface area contributed by atoms with E-state index in [1.165, 1.54) is 17.9 Å². The normalized spacial score (nSPS) is 18.8. The number of anilines is 1. The summed E-state index contributed by atoms with van der Waals surface area (Å²) in [7, 11) is 2.13. The molecule has 4 heteroatoms. The fourth-order valence-corrected chi connectivity index (χ4v) is 3.83. The van der Waals surface area contributed by atoms with Crippen molar-refractivity contribution in [3.8, 4) is 0 Å². The van der Waals surface area contributed by atoms with Crippen molar-refractivity contribution in [1.29, 1.82) is 0 Å². The highest BCUT2D eigenvalue weighted by Crippen LogP contribution is 2.28. The lowest BCUT2D eigenvalue weighted by Gasteiger charge is -2.28. The summed E-state index contributed by atoms with van der Waals surface area (Å²) in [6.45, 7) is 6.05. The molecule has 0 spiro atoms. The van der Waals surface area contributed by atoms with Crippen molar-refractivity contribution < 1.29 is 4.39 Å². The minimum Gasteiger partial charge on any atom is -0.370 e. The number of hydrogen-bond acceptors (Lipinski definition) is 3. The Labute approximate surface area is 126 Å². The maximum atomic E-state index is 13.5. The van der Waals surface area contributed by atoms with Crippen molar-refractivity contribution in [2.24, 2.45) is 5.92 Å². The topological polar surface area (TPSA) is 15.3 Å². The van der Waals surface area contributed by atoms with Crippen LogP contribution in [0.15, 0.2) is 18.2 Å². The molecule has 1 aromatic rings. The number of rotatable bonds is 6. The summed E-state index contributed by atoms with van der Waals surface area (Å²) in [6.07, 6.45) is 1.22. The first-order chi connectivity index (χ1) is 9.58. The maximum Gasteiger partial charge on any atom is 0.123 e. The van der Waals surface area contributed by atoms with Crippen LogP contribution in [0.2, 0.25) is 0 Å². The van der Waals surface area contributed by atoms with Gasteiger partial charge in [-0.1, -0.05) is 13.8 Å². The average molecular weight is 296 g/mol. The van der Waals surface area contributed by atoms with Gasteiger partial charge in [-0.3, -0.25) is 0 Å². The number of nitrogens with one attached hydrogen (secondary N) is 1. The first-order valence-corrected chi connectivity index (χ1v) is 8.53. The third-order valence-corrected chi connectivity index (χ3v) is 4.89. The largest absolute Gasteiger partial charge is 0.370 e. The fourth-order valence-electron chi connectivity index (χ4n) is 2.56. The first kappa shape index (κ1) is 15.6. The Kier molecular flexibility index (Phi) is 5.73. The number of nitrogens with zero attached hydrogens (tertiary/aromatic N) is 1. The molecule has 1 saturated heterocycles. The van der Waals surface area contributed by atoms with Gasteiger partial charge >= 0.3 is 0 Å². The van der Waals surface area contributed by atoms with Crippen LogP contribution < -0.4 is 10.2 Å². The van der Waals surface area contributed by atoms with E-state index in [0.717, 1.165) is 24.3 Å². The molecule has 0 aliphatic carbocycles. The van der Waals surface area contributed by atoms with Gasteiger partial charge in [0, 0.05) is 31.1 Å². The molecule has 1 aromatic carbocycles. The number of benzene rings is 1. The van der Waals surface area contributed by atoms with Gasteiger partial charge in [-0.15, -0.1) is 0 Å². The Balaban J connectivity index is 2.09. The quantitative estimate of drug-likeness (QED) is 0.865. The highest BCUT2D eigenvalue weighted by atomic mass is 32.2. The van der Waals surface area contributed by atoms with E-state index in [2.05, 4.69) is 31.1 Å². The van der Waals surface area contributed by atoms with Crippen LogP contribution in [0.1, 0.15) is 25.8 Å². The fraction of sp³-hybridized carbons (Fsp3) is 0.625. The summed E-state index contributed by atoms with van der Waals surface area (Å²) < 4.78 is 13.5. The number of halogens is 1. The van der Waals surface area contributed by atoms with Crippen LogP contribution in [0, 0.1) is 11.7 Å². The van der Waals surface area contributed by atoms with Gasteiger partial charge in [-0.05, 0) is 48.4 Å². The summed E-state index contributed by atoms with van der Waals surface area (Å²) in [5, 5.41) is 3.42. The van der Waals surface area contributed by atoms with Crippen LogP contribution in [0.25, 0.3) is 0 Å². The zero-order chi connectivity index (χ0) is 14.5. The molecule has 1 fully saturated rings. The minimum absolute atomic E-state index is 0.149. The molecule has 1 N–H and O–H groups in total. The summed E-state index contributed by atoms with van der Waals surface area (Å²) in [4.78, 5) is 2.33. The van der Waals surface area contributed by atoms with Gasteiger partial charge in [-0.2, -0.15) is 11.8 Å². The van der Waals surface area contributed by atoms with Gasteiger partial charge in [0.05, 0.1) is 0 Å². The lowest BCUT2D eigenvalue weighted by Crippen LogP contribution is -2.32. The molecule has 1 unspecified atom stereocenters. The van der Waals surface area contributed by atoms with Crippen LogP contribution in [0.5, 0.6) is 0 Å². The van der Waals surface area contributed by atoms with E-state index >= 15 is 0 Å². The van der Waals surface area contributed by atoms with Crippen molar-refractivity contribution in [1.82, 2.24) is 5.32 Å². The average Bonchev–Trinajstić information content (AvgIpc) is 2.91. The van der Waals surface area contributed by atoms with Gasteiger partial charge in [0.2, 0.25) is 0 Å². The molecule has 0 radical (unpaired) electrons. The molecule has 0 amide bonds. The second-order valence-corrected chi connectivity index (χ2v) is 7.08. The molecule has 1 aliphatic heterocycles. The molecule has 0 saturated carbocycles. The van der Waals surface area contributed by atoms with Gasteiger partial charge < -0.3 is 10.2 Å². The maximum absolute atomic E-state index is 13.5. The van der Waals surface area contributed by atoms with Crippen molar-refractivity contribution in [3.05, 3.63) is 29.6 Å². The Morgan fingerprint density at radius 1 is 1.45 bits per heavy atom. The Morgan fingerprint density at radius 2 is 2.25 bits per heavy atom. The minimum atomic E-state index is -0.149. The predicted octanol–water partition coefficient (Wildman–Crippen LogP) is 3.51. The van der Waals surface area contributed by atoms with Gasteiger partial charge in [-0.25, -0.2) is 4.39 Å². The first-order valence-electron chi connectivity index (χ1n) is 7.37. The molecule has 1 heterocycles. The highest BCUT2D eigenvalue weighted by Gasteiger charge is 2.22. The monoisotopic (exact) mass is 296 g/mol. The van der Waals surface area contributed by atoms with E-state index in [-0.39, 0.29) is 5.82 Å². The zero-order valence-corrected chi connectivity index (χ0v) is 13.5. The van der Waals surface area contributed by atoms with E-state index in [9.17, 15) is 4.39 Å². The van der Waals surface area contributed by atoms with Crippen molar-refractivity contribution in [2.75, 3.05) is 30.0 Å². The molecule has 20 heavy (non-hydrogen) atoms. The van der Waals surface area contributed by atoms with E-state index in [1.54, 1.807) is 12.1 Å². The lowest BCUT2D eigenvalue weighted by atomic mass is 10.1. The van der Waals surface area contributed by atoms with Crippen LogP contribution in [-0.4, -0.2) is 31.1 Å². The lowest BCUT2D eigenvalue weighted by molar-refractivity contribution is 0.549. The molecular weight excluding hydrogens is 271 g/mol. The van der Waals surface area contributed by atoms with E-state index in [4.69, 9.17) is 0 Å². The van der Waals surface area contributed by atoms with E-state index < -0.39 is 0 Å². The van der Waals surface area contributed by atoms with Crippen molar-refractivity contribution in [2.45, 2.75) is 32.9 Å². The van der Waals surface area contributed by atoms with Crippen LogP contribution in [-0.2, 0) is 6.54 Å². The molecule has 0 bridgehead atoms. The second-order valence-electron chi connectivity index (χ2n) is 5.93. The Hall–Kier alpha value is -0.740. The molecule has 1 aliphatic rings. The summed E-state index contributed by atoms with van der Waals surface area (Å²) in [5.74, 6) is 2.87. The smallest absolute Gasteiger partial charge is 0.123 e. The van der Waals surface area contributed by atoms with Gasteiger partial charge in [0.1, 0.15) is 5.82 Å². The Morgan fingerprint density at radius 3 is 2.90 bits per heavy atom. The number of thioether (sulfide) groups is 1. The van der Waals surface area contributed by atoms with Crippen LogP contribution >= 0.6 is 11.8 Å². The van der Waals surface area contributed by atoms with E-state index in [1.807, 2.05) is 17.8 Å². The van der Waals surface area contributed by atoms with Crippen molar-refractivity contribution >= 4 is 17.4 Å².